The molecule has 0 radical (unpaired) electrons. The lowest BCUT2D eigenvalue weighted by atomic mass is 9.71. The van der Waals surface area contributed by atoms with Crippen LogP contribution in [0.15, 0.2) is 58.9 Å². The molecule has 9 heteroatoms. The van der Waals surface area contributed by atoms with Gasteiger partial charge in [-0.2, -0.15) is 0 Å². The number of ether oxygens (including phenoxy) is 5. The van der Waals surface area contributed by atoms with Gasteiger partial charge >= 0.3 is 11.9 Å². The molecule has 9 nitrogen and oxygen atoms in total. The molecular weight excluding hydrogens is 550 g/mol. The molecule has 2 aromatic carbocycles. The summed E-state index contributed by atoms with van der Waals surface area (Å²) in [6, 6.07) is 10.9. The van der Waals surface area contributed by atoms with E-state index in [4.69, 9.17) is 23.7 Å². The normalized spacial score (nSPS) is 20.3. The van der Waals surface area contributed by atoms with Crippen molar-refractivity contribution in [1.29, 1.82) is 0 Å². The zero-order valence-corrected chi connectivity index (χ0v) is 25.4. The van der Waals surface area contributed by atoms with E-state index in [0.29, 0.717) is 52.7 Å². The van der Waals surface area contributed by atoms with Crippen LogP contribution in [0.2, 0.25) is 0 Å². The fourth-order valence-corrected chi connectivity index (χ4v) is 6.42. The quantitative estimate of drug-likeness (QED) is 0.283. The lowest BCUT2D eigenvalue weighted by molar-refractivity contribution is -0.144. The molecule has 2 aromatic rings. The van der Waals surface area contributed by atoms with Gasteiger partial charge < -0.3 is 29.0 Å². The molecule has 1 saturated carbocycles. The number of carbonyl (C=O) groups is 3. The first-order chi connectivity index (χ1) is 20.7. The molecule has 2 atom stereocenters. The summed E-state index contributed by atoms with van der Waals surface area (Å²) in [6.45, 7) is 5.35. The Morgan fingerprint density at radius 1 is 0.907 bits per heavy atom. The van der Waals surface area contributed by atoms with Crippen molar-refractivity contribution in [2.75, 3.05) is 20.8 Å². The minimum absolute atomic E-state index is 0.0563. The summed E-state index contributed by atoms with van der Waals surface area (Å²) in [6.07, 6.45) is 4.42. The number of allylic oxidation sites excluding steroid dienone is 3. The number of dihydropyridines is 1. The first kappa shape index (κ1) is 30.2. The average Bonchev–Trinajstić information content (AvgIpc) is 3.49. The Morgan fingerprint density at radius 3 is 2.26 bits per heavy atom. The summed E-state index contributed by atoms with van der Waals surface area (Å²) in [4.78, 5) is 39.6. The van der Waals surface area contributed by atoms with E-state index in [-0.39, 0.29) is 30.0 Å². The van der Waals surface area contributed by atoms with Crippen LogP contribution in [0.25, 0.3) is 0 Å². The van der Waals surface area contributed by atoms with E-state index in [0.717, 1.165) is 36.9 Å². The molecular formula is C34H39NO8. The Hall–Kier alpha value is -4.27. The second-order valence-electron chi connectivity index (χ2n) is 11.2. The van der Waals surface area contributed by atoms with E-state index in [1.165, 1.54) is 6.92 Å². The average molecular weight is 590 g/mol. The van der Waals surface area contributed by atoms with Gasteiger partial charge in [0.05, 0.1) is 26.4 Å². The first-order valence-electron chi connectivity index (χ1n) is 14.9. The molecule has 228 valence electrons. The van der Waals surface area contributed by atoms with Gasteiger partial charge in [-0.1, -0.05) is 12.1 Å². The second kappa shape index (κ2) is 12.9. The molecule has 0 spiro atoms. The predicted octanol–water partition coefficient (Wildman–Crippen LogP) is 5.88. The Balaban J connectivity index is 1.57. The van der Waals surface area contributed by atoms with Crippen molar-refractivity contribution in [2.45, 2.75) is 77.2 Å². The molecule has 0 unspecified atom stereocenters. The summed E-state index contributed by atoms with van der Waals surface area (Å²) < 4.78 is 28.1. The predicted molar refractivity (Wildman–Crippen MR) is 159 cm³/mol. The fourth-order valence-electron chi connectivity index (χ4n) is 6.42. The van der Waals surface area contributed by atoms with Crippen LogP contribution in [0.3, 0.4) is 0 Å². The minimum Gasteiger partial charge on any atom is -0.493 e. The van der Waals surface area contributed by atoms with E-state index >= 15 is 0 Å². The van der Waals surface area contributed by atoms with Crippen molar-refractivity contribution in [3.8, 4) is 23.0 Å². The SMILES string of the molecule is CCOc1cc([C@H]2C(C(=O)OC3CCCC3)=C(C)NC3=C2C(=O)C[C@H](c2ccc(OC)c(OC)c2)C3)ccc1OC(C)=O. The third-order valence-electron chi connectivity index (χ3n) is 8.36. The topological polar surface area (TPSA) is 109 Å². The van der Waals surface area contributed by atoms with Crippen LogP contribution >= 0.6 is 0 Å². The number of esters is 2. The molecule has 0 saturated heterocycles. The van der Waals surface area contributed by atoms with Crippen molar-refractivity contribution in [3.63, 3.8) is 0 Å². The molecule has 2 aliphatic carbocycles. The molecule has 0 aromatic heterocycles. The van der Waals surface area contributed by atoms with Crippen LogP contribution in [-0.2, 0) is 19.1 Å². The molecule has 0 bridgehead atoms. The Morgan fingerprint density at radius 2 is 1.58 bits per heavy atom. The number of hydrogen-bond acceptors (Lipinski definition) is 9. The Labute approximate surface area is 252 Å². The van der Waals surface area contributed by atoms with Gasteiger partial charge in [-0.05, 0) is 87.3 Å². The van der Waals surface area contributed by atoms with E-state index in [1.54, 1.807) is 32.4 Å². The number of nitrogens with one attached hydrogen (secondary N) is 1. The van der Waals surface area contributed by atoms with Crippen molar-refractivity contribution < 1.29 is 38.1 Å². The smallest absolute Gasteiger partial charge is 0.337 e. The first-order valence-corrected chi connectivity index (χ1v) is 14.9. The monoisotopic (exact) mass is 589 g/mol. The van der Waals surface area contributed by atoms with Crippen LogP contribution in [0, 0.1) is 0 Å². The third-order valence-corrected chi connectivity index (χ3v) is 8.36. The minimum atomic E-state index is -0.672. The molecule has 1 aliphatic heterocycles. The van der Waals surface area contributed by atoms with Gasteiger partial charge in [0, 0.05) is 36.2 Å². The maximum Gasteiger partial charge on any atom is 0.337 e. The number of benzene rings is 2. The number of Topliss-reactive ketones (excluding diaryl/α,β-unsaturated/α-hetero) is 1. The summed E-state index contributed by atoms with van der Waals surface area (Å²) in [7, 11) is 3.18. The van der Waals surface area contributed by atoms with Crippen molar-refractivity contribution in [1.82, 2.24) is 5.32 Å². The molecule has 1 fully saturated rings. The molecule has 43 heavy (non-hydrogen) atoms. The number of rotatable bonds is 9. The highest BCUT2D eigenvalue weighted by Gasteiger charge is 2.42. The maximum atomic E-state index is 14.1. The summed E-state index contributed by atoms with van der Waals surface area (Å²) in [5.74, 6) is 0.148. The lowest BCUT2D eigenvalue weighted by Gasteiger charge is -2.37. The number of carbonyl (C=O) groups excluding carboxylic acids is 3. The fraction of sp³-hybridized carbons (Fsp3) is 0.441. The van der Waals surface area contributed by atoms with Gasteiger partial charge in [0.2, 0.25) is 0 Å². The van der Waals surface area contributed by atoms with Gasteiger partial charge in [0.25, 0.3) is 0 Å². The van der Waals surface area contributed by atoms with Crippen molar-refractivity contribution in [3.05, 3.63) is 70.1 Å². The standard InChI is InChI=1S/C34H39NO8/c1-6-41-30-18-22(12-14-28(30)42-20(3)36)32-31(34(38)43-24-9-7-8-10-24)19(2)35-25-15-23(16-26(37)33(25)32)21-11-13-27(39-4)29(17-21)40-5/h11-14,17-18,23-24,32,35H,6-10,15-16H2,1-5H3/t23-,32+/m1/s1. The van der Waals surface area contributed by atoms with Gasteiger partial charge in [0.1, 0.15) is 6.10 Å². The van der Waals surface area contributed by atoms with Gasteiger partial charge in [0.15, 0.2) is 28.8 Å². The Bertz CT molecular complexity index is 1480. The molecule has 1 N–H and O–H groups in total. The van der Waals surface area contributed by atoms with Crippen LogP contribution in [0.5, 0.6) is 23.0 Å². The van der Waals surface area contributed by atoms with Crippen LogP contribution in [0.1, 0.15) is 82.3 Å². The lowest BCUT2D eigenvalue weighted by Crippen LogP contribution is -2.36. The number of methoxy groups -OCH3 is 2. The van der Waals surface area contributed by atoms with Crippen molar-refractivity contribution in [2.24, 2.45) is 0 Å². The highest BCUT2D eigenvalue weighted by atomic mass is 16.6. The molecule has 0 amide bonds. The summed E-state index contributed by atoms with van der Waals surface area (Å²) in [5, 5.41) is 3.41. The molecule has 1 heterocycles. The van der Waals surface area contributed by atoms with Crippen molar-refractivity contribution >= 4 is 17.7 Å². The van der Waals surface area contributed by atoms with E-state index < -0.39 is 17.9 Å². The maximum absolute atomic E-state index is 14.1. The van der Waals surface area contributed by atoms with E-state index in [9.17, 15) is 14.4 Å². The Kier molecular flexibility index (Phi) is 9.08. The molecule has 5 rings (SSSR count). The largest absolute Gasteiger partial charge is 0.493 e. The number of hydrogen-bond donors (Lipinski definition) is 1. The zero-order valence-electron chi connectivity index (χ0n) is 25.4. The molecule has 3 aliphatic rings. The van der Waals surface area contributed by atoms with Crippen LogP contribution in [-0.4, -0.2) is 44.7 Å². The van der Waals surface area contributed by atoms with E-state index in [1.807, 2.05) is 32.0 Å². The van der Waals surface area contributed by atoms with Gasteiger partial charge in [-0.3, -0.25) is 9.59 Å². The third kappa shape index (κ3) is 6.26. The number of ketones is 1. The summed E-state index contributed by atoms with van der Waals surface area (Å²) >= 11 is 0. The van der Waals surface area contributed by atoms with Gasteiger partial charge in [-0.25, -0.2) is 4.79 Å². The van der Waals surface area contributed by atoms with Gasteiger partial charge in [-0.15, -0.1) is 0 Å². The highest BCUT2D eigenvalue weighted by molar-refractivity contribution is 6.04. The highest BCUT2D eigenvalue weighted by Crippen LogP contribution is 2.48. The van der Waals surface area contributed by atoms with E-state index in [2.05, 4.69) is 5.32 Å². The second-order valence-corrected chi connectivity index (χ2v) is 11.2. The van der Waals surface area contributed by atoms with Crippen LogP contribution in [0.4, 0.5) is 0 Å². The zero-order chi connectivity index (χ0) is 30.7. The van der Waals surface area contributed by atoms with Crippen LogP contribution < -0.4 is 24.3 Å². The summed E-state index contributed by atoms with van der Waals surface area (Å²) in [5.41, 5.74) is 4.03.